The molecule has 2 heteroatoms. The summed E-state index contributed by atoms with van der Waals surface area (Å²) in [5, 5.41) is 3.54. The zero-order chi connectivity index (χ0) is 13.7. The Kier molecular flexibility index (Phi) is 4.69. The summed E-state index contributed by atoms with van der Waals surface area (Å²) < 4.78 is 0. The van der Waals surface area contributed by atoms with Gasteiger partial charge in [0.05, 0.1) is 11.7 Å². The molecule has 100 valence electrons. The Morgan fingerprint density at radius 2 is 1.84 bits per heavy atom. The number of likely N-dealkylation sites (N-methyl/N-ethyl adjacent to an activating group) is 1. The first-order chi connectivity index (χ1) is 9.20. The average Bonchev–Trinajstić information content (AvgIpc) is 2.40. The highest BCUT2D eigenvalue weighted by Crippen LogP contribution is 2.19. The molecule has 0 radical (unpaired) electrons. The van der Waals surface area contributed by atoms with Crippen molar-refractivity contribution in [3.05, 3.63) is 65.0 Å². The SMILES string of the molecule is CCNC(Cc1ccccc1C)c1cccc(C)n1. The number of hydrogen-bond acceptors (Lipinski definition) is 2. The third-order valence-corrected chi connectivity index (χ3v) is 3.40. The van der Waals surface area contributed by atoms with Crippen LogP contribution in [0.5, 0.6) is 0 Å². The molecule has 0 aliphatic rings. The van der Waals surface area contributed by atoms with Crippen molar-refractivity contribution in [2.24, 2.45) is 0 Å². The molecular formula is C17H22N2. The van der Waals surface area contributed by atoms with E-state index in [-0.39, 0.29) is 6.04 Å². The lowest BCUT2D eigenvalue weighted by molar-refractivity contribution is 0.534. The fourth-order valence-corrected chi connectivity index (χ4v) is 2.34. The Balaban J connectivity index is 2.24. The number of nitrogens with one attached hydrogen (secondary N) is 1. The van der Waals surface area contributed by atoms with Crippen LogP contribution in [-0.4, -0.2) is 11.5 Å². The van der Waals surface area contributed by atoms with Crippen molar-refractivity contribution in [3.8, 4) is 0 Å². The van der Waals surface area contributed by atoms with Crippen molar-refractivity contribution in [1.29, 1.82) is 0 Å². The van der Waals surface area contributed by atoms with Gasteiger partial charge in [-0.3, -0.25) is 4.98 Å². The molecule has 0 bridgehead atoms. The van der Waals surface area contributed by atoms with Crippen LogP contribution in [0.2, 0.25) is 0 Å². The van der Waals surface area contributed by atoms with Crippen LogP contribution in [0.3, 0.4) is 0 Å². The maximum atomic E-state index is 4.66. The molecular weight excluding hydrogens is 232 g/mol. The molecule has 0 spiro atoms. The number of benzene rings is 1. The molecule has 1 unspecified atom stereocenters. The predicted molar refractivity (Wildman–Crippen MR) is 80.3 cm³/mol. The maximum Gasteiger partial charge on any atom is 0.0579 e. The Morgan fingerprint density at radius 1 is 1.05 bits per heavy atom. The van der Waals surface area contributed by atoms with Gasteiger partial charge in [0, 0.05) is 5.69 Å². The second kappa shape index (κ2) is 6.48. The molecule has 1 aromatic heterocycles. The van der Waals surface area contributed by atoms with Gasteiger partial charge in [-0.1, -0.05) is 37.3 Å². The van der Waals surface area contributed by atoms with Crippen LogP contribution in [0.15, 0.2) is 42.5 Å². The highest BCUT2D eigenvalue weighted by atomic mass is 14.9. The second-order valence-electron chi connectivity index (χ2n) is 4.94. The molecule has 1 atom stereocenters. The van der Waals surface area contributed by atoms with Crippen molar-refractivity contribution < 1.29 is 0 Å². The predicted octanol–water partition coefficient (Wildman–Crippen LogP) is 3.59. The number of aryl methyl sites for hydroxylation is 2. The lowest BCUT2D eigenvalue weighted by atomic mass is 9.98. The molecule has 2 aromatic rings. The number of hydrogen-bond donors (Lipinski definition) is 1. The summed E-state index contributed by atoms with van der Waals surface area (Å²) in [7, 11) is 0. The van der Waals surface area contributed by atoms with Crippen LogP contribution in [-0.2, 0) is 6.42 Å². The van der Waals surface area contributed by atoms with Crippen LogP contribution in [0.25, 0.3) is 0 Å². The Labute approximate surface area is 115 Å². The van der Waals surface area contributed by atoms with Gasteiger partial charge in [0.25, 0.3) is 0 Å². The monoisotopic (exact) mass is 254 g/mol. The highest BCUT2D eigenvalue weighted by molar-refractivity contribution is 5.28. The van der Waals surface area contributed by atoms with Crippen molar-refractivity contribution >= 4 is 0 Å². The molecule has 19 heavy (non-hydrogen) atoms. The fraction of sp³-hybridized carbons (Fsp3) is 0.353. The summed E-state index contributed by atoms with van der Waals surface area (Å²) >= 11 is 0. The van der Waals surface area contributed by atoms with E-state index in [1.165, 1.54) is 11.1 Å². The Morgan fingerprint density at radius 3 is 2.53 bits per heavy atom. The minimum Gasteiger partial charge on any atom is -0.309 e. The average molecular weight is 254 g/mol. The number of aromatic nitrogens is 1. The van der Waals surface area contributed by atoms with Gasteiger partial charge in [0.1, 0.15) is 0 Å². The summed E-state index contributed by atoms with van der Waals surface area (Å²) in [5.74, 6) is 0. The maximum absolute atomic E-state index is 4.66. The topological polar surface area (TPSA) is 24.9 Å². The van der Waals surface area contributed by atoms with E-state index in [1.807, 2.05) is 13.0 Å². The lowest BCUT2D eigenvalue weighted by Gasteiger charge is -2.19. The van der Waals surface area contributed by atoms with Gasteiger partial charge in [-0.05, 0) is 50.1 Å². The van der Waals surface area contributed by atoms with Gasteiger partial charge in [-0.15, -0.1) is 0 Å². The quantitative estimate of drug-likeness (QED) is 0.882. The molecule has 0 saturated carbocycles. The minimum absolute atomic E-state index is 0.283. The molecule has 0 fully saturated rings. The summed E-state index contributed by atoms with van der Waals surface area (Å²) in [6, 6.07) is 15.1. The third-order valence-electron chi connectivity index (χ3n) is 3.40. The van der Waals surface area contributed by atoms with Gasteiger partial charge in [-0.2, -0.15) is 0 Å². The summed E-state index contributed by atoms with van der Waals surface area (Å²) in [5.41, 5.74) is 4.94. The van der Waals surface area contributed by atoms with Crippen LogP contribution >= 0.6 is 0 Å². The molecule has 0 aliphatic carbocycles. The first kappa shape index (κ1) is 13.8. The third kappa shape index (κ3) is 3.65. The van der Waals surface area contributed by atoms with Gasteiger partial charge in [0.15, 0.2) is 0 Å². The van der Waals surface area contributed by atoms with Crippen LogP contribution in [0.4, 0.5) is 0 Å². The molecule has 1 aromatic carbocycles. The van der Waals surface area contributed by atoms with E-state index < -0.39 is 0 Å². The number of pyridine rings is 1. The van der Waals surface area contributed by atoms with Crippen LogP contribution in [0.1, 0.15) is 35.5 Å². The highest BCUT2D eigenvalue weighted by Gasteiger charge is 2.13. The number of rotatable bonds is 5. The van der Waals surface area contributed by atoms with E-state index >= 15 is 0 Å². The van der Waals surface area contributed by atoms with Crippen molar-refractivity contribution in [1.82, 2.24) is 10.3 Å². The standard InChI is InChI=1S/C17H22N2/c1-4-18-17(16-11-7-9-14(3)19-16)12-15-10-6-5-8-13(15)2/h5-11,17-18H,4,12H2,1-3H3. The fourth-order valence-electron chi connectivity index (χ4n) is 2.34. The Bertz CT molecular complexity index is 534. The zero-order valence-corrected chi connectivity index (χ0v) is 12.0. The van der Waals surface area contributed by atoms with Crippen LogP contribution in [0, 0.1) is 13.8 Å². The van der Waals surface area contributed by atoms with Crippen LogP contribution < -0.4 is 5.32 Å². The molecule has 2 rings (SSSR count). The smallest absolute Gasteiger partial charge is 0.0579 e. The first-order valence-corrected chi connectivity index (χ1v) is 6.92. The minimum atomic E-state index is 0.283. The normalized spacial score (nSPS) is 12.4. The molecule has 2 nitrogen and oxygen atoms in total. The van der Waals surface area contributed by atoms with Gasteiger partial charge < -0.3 is 5.32 Å². The van der Waals surface area contributed by atoms with Crippen molar-refractivity contribution in [3.63, 3.8) is 0 Å². The molecule has 0 aliphatic heterocycles. The van der Waals surface area contributed by atoms with Crippen molar-refractivity contribution in [2.75, 3.05) is 6.54 Å². The van der Waals surface area contributed by atoms with E-state index in [4.69, 9.17) is 0 Å². The number of nitrogens with zero attached hydrogens (tertiary/aromatic N) is 1. The molecule has 1 heterocycles. The zero-order valence-electron chi connectivity index (χ0n) is 12.0. The van der Waals surface area contributed by atoms with E-state index in [2.05, 4.69) is 60.5 Å². The second-order valence-corrected chi connectivity index (χ2v) is 4.94. The summed E-state index contributed by atoms with van der Waals surface area (Å²) in [6.45, 7) is 7.30. The van der Waals surface area contributed by atoms with E-state index in [1.54, 1.807) is 0 Å². The molecule has 0 amide bonds. The lowest BCUT2D eigenvalue weighted by Crippen LogP contribution is -2.24. The van der Waals surface area contributed by atoms with E-state index in [0.717, 1.165) is 24.4 Å². The van der Waals surface area contributed by atoms with Gasteiger partial charge in [-0.25, -0.2) is 0 Å². The summed E-state index contributed by atoms with van der Waals surface area (Å²) in [4.78, 5) is 4.66. The van der Waals surface area contributed by atoms with E-state index in [9.17, 15) is 0 Å². The summed E-state index contributed by atoms with van der Waals surface area (Å²) in [6.07, 6.45) is 0.983. The van der Waals surface area contributed by atoms with E-state index in [0.29, 0.717) is 0 Å². The van der Waals surface area contributed by atoms with Gasteiger partial charge in [0.2, 0.25) is 0 Å². The Hall–Kier alpha value is -1.67. The molecule has 1 N–H and O–H groups in total. The molecule has 0 saturated heterocycles. The van der Waals surface area contributed by atoms with Gasteiger partial charge >= 0.3 is 0 Å². The largest absolute Gasteiger partial charge is 0.309 e. The first-order valence-electron chi connectivity index (χ1n) is 6.92. The van der Waals surface area contributed by atoms with Crippen molar-refractivity contribution in [2.45, 2.75) is 33.2 Å².